The van der Waals surface area contributed by atoms with E-state index in [2.05, 4.69) is 0 Å². The predicted molar refractivity (Wildman–Crippen MR) is 107 cm³/mol. The van der Waals surface area contributed by atoms with Crippen molar-refractivity contribution in [3.8, 4) is 12.5 Å². The molecule has 148 valence electrons. The Morgan fingerprint density at radius 2 is 0.552 bits per heavy atom. The third kappa shape index (κ3) is 46.1. The second-order valence-corrected chi connectivity index (χ2v) is 4.05. The third-order valence-electron chi connectivity index (χ3n) is 2.22. The molecule has 0 aliphatic carbocycles. The van der Waals surface area contributed by atoms with E-state index in [1.807, 2.05) is 121 Å². The molecule has 0 aliphatic heterocycles. The van der Waals surface area contributed by atoms with Crippen molar-refractivity contribution in [2.45, 2.75) is 0 Å². The molecular weight excluding hydrogens is 523 g/mol. The maximum Gasteiger partial charge on any atom is 2.00 e. The van der Waals surface area contributed by atoms with Gasteiger partial charge in [0.15, 0.2) is 0 Å². The average Bonchev–Trinajstić information content (AvgIpc) is 3.53. The van der Waals surface area contributed by atoms with Crippen LogP contribution in [0.4, 0.5) is 0 Å². The quantitative estimate of drug-likeness (QED) is 0.250. The first kappa shape index (κ1) is 37.5. The minimum Gasteiger partial charge on any atom is -0.443 e. The van der Waals surface area contributed by atoms with Gasteiger partial charge in [-0.05, 0) is 0 Å². The summed E-state index contributed by atoms with van der Waals surface area (Å²) in [6.45, 7) is 0. The van der Waals surface area contributed by atoms with Crippen molar-refractivity contribution >= 4 is 0 Å². The van der Waals surface area contributed by atoms with Gasteiger partial charge < -0.3 is 15.7 Å². The SMILES string of the molecule is N#CO.N#CO.O.[Zr+2].[Zr+2].c1cc[cH-]c1.c1cc[cH-]c1.c1cc[cH-]c1.c1cc[cH-]c1. The number of rotatable bonds is 0. The van der Waals surface area contributed by atoms with Crippen LogP contribution < -0.4 is 0 Å². The molecule has 29 heavy (non-hydrogen) atoms. The fraction of sp³-hybridized carbons (Fsp3) is 0. The molecule has 4 aromatic carbocycles. The number of aliphatic hydroxyl groups is 2. The van der Waals surface area contributed by atoms with Gasteiger partial charge in [0.05, 0.1) is 0 Å². The van der Waals surface area contributed by atoms with E-state index in [1.54, 1.807) is 0 Å². The van der Waals surface area contributed by atoms with Gasteiger partial charge in [-0.3, -0.25) is 0 Å². The third-order valence-corrected chi connectivity index (χ3v) is 2.22. The van der Waals surface area contributed by atoms with Crippen molar-refractivity contribution in [3.05, 3.63) is 121 Å². The van der Waals surface area contributed by atoms with Crippen LogP contribution >= 0.6 is 0 Å². The first-order valence-electron chi connectivity index (χ1n) is 7.56. The van der Waals surface area contributed by atoms with Crippen LogP contribution in [0.2, 0.25) is 0 Å². The summed E-state index contributed by atoms with van der Waals surface area (Å²) in [5.74, 6) is 0. The van der Waals surface area contributed by atoms with Gasteiger partial charge in [-0.2, -0.15) is 83.3 Å². The van der Waals surface area contributed by atoms with Crippen molar-refractivity contribution in [3.63, 3.8) is 0 Å². The van der Waals surface area contributed by atoms with Gasteiger partial charge in [-0.1, -0.05) is 0 Å². The average molecular weight is 547 g/mol. The van der Waals surface area contributed by atoms with Gasteiger partial charge in [0.25, 0.3) is 12.5 Å². The molecule has 0 spiro atoms. The number of nitrogens with zero attached hydrogens (tertiary/aromatic N) is 2. The van der Waals surface area contributed by atoms with Gasteiger partial charge in [0.2, 0.25) is 0 Å². The summed E-state index contributed by atoms with van der Waals surface area (Å²) in [7, 11) is 0. The maximum atomic E-state index is 6.88. The Balaban J connectivity index is -0.0000000790. The van der Waals surface area contributed by atoms with Crippen LogP contribution in [0.1, 0.15) is 0 Å². The molecule has 0 saturated carbocycles. The summed E-state index contributed by atoms with van der Waals surface area (Å²) in [5, 5.41) is 27.5. The molecule has 0 saturated heterocycles. The second kappa shape index (κ2) is 40.4. The normalized spacial score (nSPS) is 6.00. The number of aliphatic hydroxyl groups excluding tert-OH is 2. The van der Waals surface area contributed by atoms with E-state index in [-0.39, 0.29) is 57.9 Å². The van der Waals surface area contributed by atoms with Crippen molar-refractivity contribution in [1.29, 1.82) is 10.5 Å². The molecule has 0 heterocycles. The molecule has 0 unspecified atom stereocenters. The molecule has 0 aromatic heterocycles. The molecule has 0 atom stereocenters. The van der Waals surface area contributed by atoms with Crippen molar-refractivity contribution in [1.82, 2.24) is 0 Å². The van der Waals surface area contributed by atoms with Gasteiger partial charge >= 0.3 is 52.4 Å². The van der Waals surface area contributed by atoms with E-state index in [0.29, 0.717) is 0 Å². The Labute approximate surface area is 211 Å². The smallest absolute Gasteiger partial charge is 0.443 e. The Kier molecular flexibility index (Phi) is 52.2. The minimum absolute atomic E-state index is 0. The summed E-state index contributed by atoms with van der Waals surface area (Å²) < 4.78 is 0. The Morgan fingerprint density at radius 1 is 0.448 bits per heavy atom. The molecule has 4 rings (SSSR count). The van der Waals surface area contributed by atoms with E-state index in [9.17, 15) is 0 Å². The van der Waals surface area contributed by atoms with E-state index in [1.165, 1.54) is 0 Å². The van der Waals surface area contributed by atoms with Crippen LogP contribution in [0.25, 0.3) is 0 Å². The zero-order valence-corrected chi connectivity index (χ0v) is 20.8. The summed E-state index contributed by atoms with van der Waals surface area (Å²) >= 11 is 0. The van der Waals surface area contributed by atoms with E-state index in [4.69, 9.17) is 20.7 Å². The zero-order chi connectivity index (χ0) is 19.6. The largest absolute Gasteiger partial charge is 2.00 e. The van der Waals surface area contributed by atoms with Crippen LogP contribution in [0.5, 0.6) is 0 Å². The van der Waals surface area contributed by atoms with Crippen LogP contribution in [0.3, 0.4) is 0 Å². The molecule has 0 bridgehead atoms. The number of hydrogen-bond donors (Lipinski definition) is 2. The number of hydrogen-bond acceptors (Lipinski definition) is 4. The second-order valence-electron chi connectivity index (χ2n) is 4.05. The van der Waals surface area contributed by atoms with Crippen LogP contribution in [-0.4, -0.2) is 15.7 Å². The first-order valence-corrected chi connectivity index (χ1v) is 7.56. The van der Waals surface area contributed by atoms with E-state index >= 15 is 0 Å². The summed E-state index contributed by atoms with van der Waals surface area (Å²) in [4.78, 5) is 0. The van der Waals surface area contributed by atoms with Crippen molar-refractivity contribution in [2.24, 2.45) is 0 Å². The molecule has 0 radical (unpaired) electrons. The van der Waals surface area contributed by atoms with Crippen LogP contribution in [-0.2, 0) is 52.4 Å². The minimum atomic E-state index is 0. The van der Waals surface area contributed by atoms with Gasteiger partial charge in [0, 0.05) is 0 Å². The van der Waals surface area contributed by atoms with Gasteiger partial charge in [-0.25, -0.2) is 48.5 Å². The van der Waals surface area contributed by atoms with Gasteiger partial charge in [-0.15, -0.1) is 0 Å². The van der Waals surface area contributed by atoms with E-state index in [0.717, 1.165) is 12.5 Å². The summed E-state index contributed by atoms with van der Waals surface area (Å²) in [6.07, 6.45) is 1.50. The molecule has 0 aliphatic rings. The predicted octanol–water partition coefficient (Wildman–Crippen LogP) is 4.47. The Bertz CT molecular complexity index is 510. The first-order chi connectivity index (χ1) is 12.8. The fourth-order valence-corrected chi connectivity index (χ4v) is 1.28. The molecule has 4 aromatic rings. The summed E-state index contributed by atoms with van der Waals surface area (Å²) in [5.41, 5.74) is 0. The fourth-order valence-electron chi connectivity index (χ4n) is 1.28. The molecule has 0 amide bonds. The van der Waals surface area contributed by atoms with Crippen LogP contribution in [0.15, 0.2) is 121 Å². The monoisotopic (exact) mass is 544 g/mol. The molecule has 4 N–H and O–H groups in total. The van der Waals surface area contributed by atoms with Crippen molar-refractivity contribution in [2.75, 3.05) is 0 Å². The summed E-state index contributed by atoms with van der Waals surface area (Å²) in [6, 6.07) is 40.0. The number of nitriles is 2. The molecular formula is C22H24N2O3Zr2. The molecule has 7 heteroatoms. The maximum absolute atomic E-state index is 6.88. The standard InChI is InChI=1S/4C5H5.2CHNO.H2O.2Zr/c4*1-2-4-5-3-1;2*2-1-3;;;/h4*1-5H;2*3H;1H2;;/q4*-1;;;;2*+2. The van der Waals surface area contributed by atoms with Crippen LogP contribution in [0, 0.1) is 23.0 Å². The van der Waals surface area contributed by atoms with Crippen molar-refractivity contribution < 1.29 is 68.1 Å². The topological polar surface area (TPSA) is 120 Å². The molecule has 5 nitrogen and oxygen atoms in total. The van der Waals surface area contributed by atoms with Gasteiger partial charge in [0.1, 0.15) is 0 Å². The molecule has 0 fully saturated rings. The Hall–Kier alpha value is -2.29. The van der Waals surface area contributed by atoms with E-state index < -0.39 is 0 Å². The Morgan fingerprint density at radius 3 is 0.586 bits per heavy atom. The zero-order valence-electron chi connectivity index (χ0n) is 15.8.